The number of benzene rings is 3. The Balaban J connectivity index is 1.74. The van der Waals surface area contributed by atoms with Gasteiger partial charge in [-0.25, -0.2) is 4.79 Å². The van der Waals surface area contributed by atoms with Gasteiger partial charge in [-0.2, -0.15) is 0 Å². The maximum absolute atomic E-state index is 14.0. The lowest BCUT2D eigenvalue weighted by molar-refractivity contribution is -0.0393. The van der Waals surface area contributed by atoms with E-state index in [4.69, 9.17) is 0 Å². The Morgan fingerprint density at radius 1 is 0.676 bits per heavy atom. The van der Waals surface area contributed by atoms with Crippen molar-refractivity contribution in [3.63, 3.8) is 0 Å². The minimum absolute atomic E-state index is 0.207. The Hall–Kier alpha value is -3.41. The summed E-state index contributed by atoms with van der Waals surface area (Å²) < 4.78 is 0. The van der Waals surface area contributed by atoms with Crippen LogP contribution in [0.2, 0.25) is 0 Å². The van der Waals surface area contributed by atoms with E-state index in [1.165, 1.54) is 0 Å². The summed E-state index contributed by atoms with van der Waals surface area (Å²) in [5.74, 6) is 0. The van der Waals surface area contributed by atoms with Crippen molar-refractivity contribution in [2.45, 2.75) is 43.7 Å². The molecule has 0 radical (unpaired) electrons. The smallest absolute Gasteiger partial charge is 0.321 e. The molecule has 1 saturated heterocycles. The normalized spacial score (nSPS) is 22.9. The number of hydrogen-bond acceptors (Lipinski definition) is 3. The van der Waals surface area contributed by atoms with Crippen LogP contribution in [0.4, 0.5) is 4.79 Å². The number of nitrogens with zero attached hydrogens (tertiary/aromatic N) is 2. The first-order valence-corrected chi connectivity index (χ1v) is 11.7. The molecule has 0 aliphatic carbocycles. The van der Waals surface area contributed by atoms with Crippen LogP contribution in [0, 0.1) is 0 Å². The minimum Gasteiger partial charge on any atom is -0.388 e. The predicted molar refractivity (Wildman–Crippen MR) is 134 cm³/mol. The summed E-state index contributed by atoms with van der Waals surface area (Å²) in [5.41, 5.74) is 2.97. The van der Waals surface area contributed by atoms with Gasteiger partial charge < -0.3 is 20.0 Å². The van der Waals surface area contributed by atoms with Gasteiger partial charge in [0.25, 0.3) is 0 Å². The molecule has 34 heavy (non-hydrogen) atoms. The van der Waals surface area contributed by atoms with Crippen LogP contribution in [0.15, 0.2) is 104 Å². The lowest BCUT2D eigenvalue weighted by Gasteiger charge is -2.35. The van der Waals surface area contributed by atoms with Crippen LogP contribution in [0.5, 0.6) is 0 Å². The minimum atomic E-state index is -1.11. The highest BCUT2D eigenvalue weighted by molar-refractivity contribution is 5.76. The van der Waals surface area contributed by atoms with Gasteiger partial charge in [0.15, 0.2) is 0 Å². The Kier molecular flexibility index (Phi) is 7.78. The Morgan fingerprint density at radius 2 is 1.09 bits per heavy atom. The Bertz CT molecular complexity index is 1060. The summed E-state index contributed by atoms with van der Waals surface area (Å²) in [6.45, 7) is 4.47. The van der Waals surface area contributed by atoms with Crippen LogP contribution >= 0.6 is 0 Å². The highest BCUT2D eigenvalue weighted by Gasteiger charge is 2.45. The second-order valence-electron chi connectivity index (χ2n) is 8.83. The highest BCUT2D eigenvalue weighted by atomic mass is 16.3. The number of aliphatic hydroxyl groups excluding tert-OH is 2. The average Bonchev–Trinajstić information content (AvgIpc) is 2.94. The molecule has 5 nitrogen and oxygen atoms in total. The molecule has 0 saturated carbocycles. The van der Waals surface area contributed by atoms with Gasteiger partial charge in [0, 0.05) is 13.1 Å². The van der Waals surface area contributed by atoms with Crippen molar-refractivity contribution in [3.05, 3.63) is 120 Å². The molecule has 5 heteroatoms. The SMILES string of the molecule is C=CCN1C(=O)N(Cc2ccccc2)[C@H](Cc2ccccc2)[C@H](O)[C@@H](O)[C@H]1Cc1ccccc1. The number of rotatable bonds is 8. The van der Waals surface area contributed by atoms with Gasteiger partial charge in [-0.1, -0.05) is 97.1 Å². The van der Waals surface area contributed by atoms with Gasteiger partial charge in [-0.05, 0) is 29.5 Å². The lowest BCUT2D eigenvalue weighted by Crippen LogP contribution is -2.50. The summed E-state index contributed by atoms with van der Waals surface area (Å²) >= 11 is 0. The largest absolute Gasteiger partial charge is 0.388 e. The van der Waals surface area contributed by atoms with Gasteiger partial charge in [0.05, 0.1) is 12.1 Å². The maximum Gasteiger partial charge on any atom is 0.321 e. The van der Waals surface area contributed by atoms with Crippen molar-refractivity contribution >= 4 is 6.03 Å². The Morgan fingerprint density at radius 3 is 1.53 bits per heavy atom. The second kappa shape index (κ2) is 11.1. The first-order valence-electron chi connectivity index (χ1n) is 11.7. The molecule has 3 aromatic rings. The molecule has 3 aromatic carbocycles. The van der Waals surface area contributed by atoms with Crippen LogP contribution in [0.1, 0.15) is 16.7 Å². The highest BCUT2D eigenvalue weighted by Crippen LogP contribution is 2.28. The van der Waals surface area contributed by atoms with E-state index in [0.717, 1.165) is 16.7 Å². The molecule has 0 aromatic heterocycles. The zero-order valence-corrected chi connectivity index (χ0v) is 19.3. The van der Waals surface area contributed by atoms with Crippen LogP contribution < -0.4 is 0 Å². The molecule has 2 N–H and O–H groups in total. The maximum atomic E-state index is 14.0. The van der Waals surface area contributed by atoms with Crippen molar-refractivity contribution in [1.82, 2.24) is 9.80 Å². The number of amides is 2. The zero-order valence-electron chi connectivity index (χ0n) is 19.3. The first kappa shape index (κ1) is 23.7. The summed E-state index contributed by atoms with van der Waals surface area (Å²) in [5, 5.41) is 22.9. The van der Waals surface area contributed by atoms with E-state index in [1.807, 2.05) is 91.0 Å². The molecule has 1 aliphatic heterocycles. The van der Waals surface area contributed by atoms with Crippen LogP contribution in [0.3, 0.4) is 0 Å². The lowest BCUT2D eigenvalue weighted by atomic mass is 9.91. The molecule has 4 atom stereocenters. The molecule has 2 amide bonds. The molecule has 1 aliphatic rings. The molecule has 1 fully saturated rings. The zero-order chi connectivity index (χ0) is 23.9. The fourth-order valence-electron chi connectivity index (χ4n) is 4.76. The third kappa shape index (κ3) is 5.38. The van der Waals surface area contributed by atoms with E-state index in [0.29, 0.717) is 19.4 Å². The van der Waals surface area contributed by atoms with Gasteiger partial charge in [-0.3, -0.25) is 0 Å². The van der Waals surface area contributed by atoms with E-state index in [9.17, 15) is 15.0 Å². The number of aliphatic hydroxyl groups is 2. The van der Waals surface area contributed by atoms with E-state index in [1.54, 1.807) is 15.9 Å². The number of urea groups is 1. The van der Waals surface area contributed by atoms with Gasteiger partial charge in [0.2, 0.25) is 0 Å². The van der Waals surface area contributed by atoms with Gasteiger partial charge in [-0.15, -0.1) is 6.58 Å². The summed E-state index contributed by atoms with van der Waals surface area (Å²) in [7, 11) is 0. The molecular formula is C29H32N2O3. The fourth-order valence-corrected chi connectivity index (χ4v) is 4.76. The van der Waals surface area contributed by atoms with Crippen LogP contribution in [-0.2, 0) is 19.4 Å². The van der Waals surface area contributed by atoms with Crippen molar-refractivity contribution in [3.8, 4) is 0 Å². The van der Waals surface area contributed by atoms with Crippen LogP contribution in [0.25, 0.3) is 0 Å². The van der Waals surface area contributed by atoms with Crippen LogP contribution in [-0.4, -0.2) is 56.9 Å². The Labute approximate surface area is 201 Å². The van der Waals surface area contributed by atoms with E-state index in [-0.39, 0.29) is 12.6 Å². The van der Waals surface area contributed by atoms with Crippen molar-refractivity contribution in [2.24, 2.45) is 0 Å². The van der Waals surface area contributed by atoms with Gasteiger partial charge >= 0.3 is 6.03 Å². The van der Waals surface area contributed by atoms with Crippen molar-refractivity contribution < 1.29 is 15.0 Å². The number of carbonyl (C=O) groups excluding carboxylic acids is 1. The molecule has 0 bridgehead atoms. The molecule has 0 unspecified atom stereocenters. The average molecular weight is 457 g/mol. The molecule has 4 rings (SSSR count). The third-order valence-electron chi connectivity index (χ3n) is 6.53. The quantitative estimate of drug-likeness (QED) is 0.503. The first-order chi connectivity index (χ1) is 16.6. The van der Waals surface area contributed by atoms with Crippen molar-refractivity contribution in [2.75, 3.05) is 6.54 Å². The summed E-state index contributed by atoms with van der Waals surface area (Å²) in [4.78, 5) is 17.4. The summed E-state index contributed by atoms with van der Waals surface area (Å²) in [6, 6.07) is 28.0. The topological polar surface area (TPSA) is 64.0 Å². The van der Waals surface area contributed by atoms with E-state index < -0.39 is 24.3 Å². The number of carbonyl (C=O) groups is 1. The third-order valence-corrected chi connectivity index (χ3v) is 6.53. The van der Waals surface area contributed by atoms with Crippen molar-refractivity contribution in [1.29, 1.82) is 0 Å². The standard InChI is InChI=1S/C29H32N2O3/c1-2-18-30-25(19-22-12-6-3-7-13-22)27(32)28(33)26(20-23-14-8-4-9-15-23)31(29(30)34)21-24-16-10-5-11-17-24/h2-17,25-28,32-33H,1,18-21H2/t25-,26-,27+,28+/m1/s1. The molecule has 1 heterocycles. The molecule has 176 valence electrons. The predicted octanol–water partition coefficient (Wildman–Crippen LogP) is 4.05. The van der Waals surface area contributed by atoms with E-state index in [2.05, 4.69) is 6.58 Å². The monoisotopic (exact) mass is 456 g/mol. The van der Waals surface area contributed by atoms with Gasteiger partial charge in [0.1, 0.15) is 12.2 Å². The fraction of sp³-hybridized carbons (Fsp3) is 0.276. The molecule has 0 spiro atoms. The molecular weight excluding hydrogens is 424 g/mol. The second-order valence-corrected chi connectivity index (χ2v) is 8.83. The number of hydrogen-bond donors (Lipinski definition) is 2. The summed E-state index contributed by atoms with van der Waals surface area (Å²) in [6.07, 6.45) is 0.329. The van der Waals surface area contributed by atoms with E-state index >= 15 is 0 Å².